The Morgan fingerprint density at radius 2 is 2.12 bits per heavy atom. The van der Waals surface area contributed by atoms with Crippen molar-refractivity contribution in [2.75, 3.05) is 26.3 Å². The highest BCUT2D eigenvalue weighted by Gasteiger charge is 2.30. The zero-order valence-electron chi connectivity index (χ0n) is 14.2. The predicted octanol–water partition coefficient (Wildman–Crippen LogP) is 1.61. The Labute approximate surface area is 152 Å². The number of rotatable bonds is 4. The highest BCUT2D eigenvalue weighted by Crippen LogP contribution is 2.21. The van der Waals surface area contributed by atoms with Crippen LogP contribution in [0, 0.1) is 5.92 Å². The molecule has 1 aliphatic heterocycles. The van der Waals surface area contributed by atoms with Crippen LogP contribution < -0.4 is 0 Å². The molecule has 0 spiro atoms. The van der Waals surface area contributed by atoms with Crippen LogP contribution in [0.3, 0.4) is 0 Å². The molecule has 4 heterocycles. The molecular weight excluding hydrogens is 352 g/mol. The first-order valence-corrected chi connectivity index (χ1v) is 9.97. The van der Waals surface area contributed by atoms with E-state index in [1.165, 1.54) is 10.5 Å². The summed E-state index contributed by atoms with van der Waals surface area (Å²) >= 11 is 0. The number of pyridine rings is 1. The van der Waals surface area contributed by atoms with E-state index in [2.05, 4.69) is 9.97 Å². The minimum absolute atomic E-state index is 0.0394. The van der Waals surface area contributed by atoms with Crippen molar-refractivity contribution in [1.82, 2.24) is 18.7 Å². The van der Waals surface area contributed by atoms with Gasteiger partial charge in [0.15, 0.2) is 0 Å². The molecule has 0 radical (unpaired) electrons. The fraction of sp³-hybridized carbons (Fsp3) is 0.333. The highest BCUT2D eigenvalue weighted by atomic mass is 32.2. The third kappa shape index (κ3) is 3.35. The van der Waals surface area contributed by atoms with Gasteiger partial charge in [0, 0.05) is 50.0 Å². The second-order valence-electron chi connectivity index (χ2n) is 6.37. The average molecular weight is 372 g/mol. The maximum absolute atomic E-state index is 12.9. The Hall–Kier alpha value is -2.29. The molecule has 1 atom stereocenters. The van der Waals surface area contributed by atoms with Crippen LogP contribution in [-0.4, -0.2) is 53.4 Å². The Morgan fingerprint density at radius 1 is 1.19 bits per heavy atom. The third-order valence-electron chi connectivity index (χ3n) is 4.59. The topological polar surface area (TPSA) is 76.8 Å². The summed E-state index contributed by atoms with van der Waals surface area (Å²) in [5.74, 6) is 0.0394. The molecule has 7 nitrogen and oxygen atoms in total. The SMILES string of the molecule is O=S(=O)(c1cccnc1)N1CCOC[C@H](Cc2nccn3cccc23)C1. The molecule has 1 saturated heterocycles. The number of ether oxygens (including phenoxy) is 1. The number of nitrogens with zero attached hydrogens (tertiary/aromatic N) is 4. The molecule has 0 saturated carbocycles. The van der Waals surface area contributed by atoms with Crippen molar-refractivity contribution in [2.24, 2.45) is 5.92 Å². The Bertz CT molecular complexity index is 988. The minimum Gasteiger partial charge on any atom is -0.380 e. The lowest BCUT2D eigenvalue weighted by atomic mass is 10.0. The van der Waals surface area contributed by atoms with Crippen molar-refractivity contribution in [2.45, 2.75) is 11.3 Å². The van der Waals surface area contributed by atoms with Crippen LogP contribution in [0.4, 0.5) is 0 Å². The second kappa shape index (κ2) is 7.14. The van der Waals surface area contributed by atoms with E-state index in [1.54, 1.807) is 24.5 Å². The fourth-order valence-corrected chi connectivity index (χ4v) is 4.76. The van der Waals surface area contributed by atoms with Crippen LogP contribution in [0.1, 0.15) is 5.69 Å². The lowest BCUT2D eigenvalue weighted by Gasteiger charge is -2.23. The number of hydrogen-bond donors (Lipinski definition) is 0. The Kier molecular flexibility index (Phi) is 4.71. The van der Waals surface area contributed by atoms with Gasteiger partial charge in [-0.2, -0.15) is 4.31 Å². The van der Waals surface area contributed by atoms with Gasteiger partial charge < -0.3 is 9.14 Å². The summed E-state index contributed by atoms with van der Waals surface area (Å²) in [4.78, 5) is 8.64. The normalized spacial score (nSPS) is 19.5. The van der Waals surface area contributed by atoms with Crippen LogP contribution >= 0.6 is 0 Å². The number of aromatic nitrogens is 3. The van der Waals surface area contributed by atoms with Crippen molar-refractivity contribution in [3.8, 4) is 0 Å². The largest absolute Gasteiger partial charge is 0.380 e. The van der Waals surface area contributed by atoms with Gasteiger partial charge in [0.2, 0.25) is 10.0 Å². The summed E-state index contributed by atoms with van der Waals surface area (Å²) in [6, 6.07) is 7.20. The third-order valence-corrected chi connectivity index (χ3v) is 6.44. The van der Waals surface area contributed by atoms with Gasteiger partial charge in [-0.3, -0.25) is 9.97 Å². The number of sulfonamides is 1. The first-order valence-electron chi connectivity index (χ1n) is 8.53. The van der Waals surface area contributed by atoms with Gasteiger partial charge in [0.05, 0.1) is 24.4 Å². The smallest absolute Gasteiger partial charge is 0.244 e. The van der Waals surface area contributed by atoms with Gasteiger partial charge in [-0.25, -0.2) is 8.42 Å². The molecule has 136 valence electrons. The summed E-state index contributed by atoms with van der Waals surface area (Å²) in [6.07, 6.45) is 9.26. The zero-order chi connectivity index (χ0) is 18.0. The quantitative estimate of drug-likeness (QED) is 0.695. The van der Waals surface area contributed by atoms with Crippen molar-refractivity contribution >= 4 is 15.5 Å². The summed E-state index contributed by atoms with van der Waals surface area (Å²) in [6.45, 7) is 1.65. The van der Waals surface area contributed by atoms with Gasteiger partial charge in [-0.05, 0) is 30.7 Å². The van der Waals surface area contributed by atoms with Gasteiger partial charge in [0.1, 0.15) is 4.90 Å². The Morgan fingerprint density at radius 3 is 2.96 bits per heavy atom. The molecule has 3 aromatic rings. The highest BCUT2D eigenvalue weighted by molar-refractivity contribution is 7.89. The van der Waals surface area contributed by atoms with Crippen molar-refractivity contribution in [1.29, 1.82) is 0 Å². The second-order valence-corrected chi connectivity index (χ2v) is 8.31. The first-order chi connectivity index (χ1) is 12.6. The van der Waals surface area contributed by atoms with Crippen LogP contribution in [0.25, 0.3) is 5.52 Å². The Balaban J connectivity index is 1.57. The molecule has 0 bridgehead atoms. The maximum Gasteiger partial charge on any atom is 0.244 e. The van der Waals surface area contributed by atoms with E-state index in [0.29, 0.717) is 32.7 Å². The lowest BCUT2D eigenvalue weighted by molar-refractivity contribution is 0.123. The van der Waals surface area contributed by atoms with E-state index in [-0.39, 0.29) is 10.8 Å². The molecule has 3 aromatic heterocycles. The molecule has 26 heavy (non-hydrogen) atoms. The van der Waals surface area contributed by atoms with Crippen molar-refractivity contribution in [3.05, 3.63) is 60.9 Å². The molecular formula is C18H20N4O3S. The number of fused-ring (bicyclic) bond motifs is 1. The standard InChI is InChI=1S/C18H20N4O3S/c23-26(24,16-3-1-5-19-12-16)22-9-10-25-14-15(13-22)11-17-18-4-2-7-21(18)8-6-20-17/h1-8,12,15H,9-11,13-14H2/t15-/m1/s1. The molecule has 0 aromatic carbocycles. The van der Waals surface area contributed by atoms with E-state index in [0.717, 1.165) is 11.2 Å². The molecule has 8 heteroatoms. The van der Waals surface area contributed by atoms with Gasteiger partial charge in [-0.1, -0.05) is 0 Å². The monoisotopic (exact) mass is 372 g/mol. The summed E-state index contributed by atoms with van der Waals surface area (Å²) < 4.78 is 35.0. The van der Waals surface area contributed by atoms with E-state index < -0.39 is 10.0 Å². The fourth-order valence-electron chi connectivity index (χ4n) is 3.30. The van der Waals surface area contributed by atoms with Gasteiger partial charge in [0.25, 0.3) is 0 Å². The van der Waals surface area contributed by atoms with E-state index in [1.807, 2.05) is 28.9 Å². The average Bonchev–Trinajstić information content (AvgIpc) is 3.02. The summed E-state index contributed by atoms with van der Waals surface area (Å²) in [5.41, 5.74) is 1.99. The van der Waals surface area contributed by atoms with Crippen LogP contribution in [0.5, 0.6) is 0 Å². The molecule has 0 unspecified atom stereocenters. The first kappa shape index (κ1) is 17.1. The zero-order valence-corrected chi connectivity index (χ0v) is 15.0. The summed E-state index contributed by atoms with van der Waals surface area (Å²) in [7, 11) is -3.58. The van der Waals surface area contributed by atoms with Crippen molar-refractivity contribution < 1.29 is 13.2 Å². The van der Waals surface area contributed by atoms with Crippen LogP contribution in [0.15, 0.2) is 60.1 Å². The molecule has 0 aliphatic carbocycles. The molecule has 0 amide bonds. The minimum atomic E-state index is -3.58. The molecule has 1 aliphatic rings. The van der Waals surface area contributed by atoms with Crippen molar-refractivity contribution in [3.63, 3.8) is 0 Å². The van der Waals surface area contributed by atoms with Gasteiger partial charge >= 0.3 is 0 Å². The van der Waals surface area contributed by atoms with E-state index in [4.69, 9.17) is 4.74 Å². The van der Waals surface area contributed by atoms with Crippen LogP contribution in [-0.2, 0) is 21.2 Å². The number of hydrogen-bond acceptors (Lipinski definition) is 5. The summed E-state index contributed by atoms with van der Waals surface area (Å²) in [5, 5.41) is 0. The molecule has 1 fully saturated rings. The van der Waals surface area contributed by atoms with Crippen LogP contribution in [0.2, 0.25) is 0 Å². The van der Waals surface area contributed by atoms with E-state index in [9.17, 15) is 8.42 Å². The molecule has 4 rings (SSSR count). The maximum atomic E-state index is 12.9. The molecule has 0 N–H and O–H groups in total. The van der Waals surface area contributed by atoms with E-state index >= 15 is 0 Å². The predicted molar refractivity (Wildman–Crippen MR) is 96.2 cm³/mol. The van der Waals surface area contributed by atoms with Gasteiger partial charge in [-0.15, -0.1) is 0 Å². The lowest BCUT2D eigenvalue weighted by Crippen LogP contribution is -2.36.